The molecule has 2 N–H and O–H groups in total. The summed E-state index contributed by atoms with van der Waals surface area (Å²) in [6, 6.07) is 0. The number of hydrogen-bond acceptors (Lipinski definition) is 3. The van der Waals surface area contributed by atoms with Crippen LogP contribution in [0.3, 0.4) is 0 Å². The molecule has 0 amide bonds. The molecule has 0 radical (unpaired) electrons. The standard InChI is InChI=1S/C15H24O3/c1-6-15(5)7-10(16)11-9(4)14(17)18-13(11)12(15)8(2)3/h6,9-14,16-17H,1-2,7H2,3-5H3. The van der Waals surface area contributed by atoms with Crippen molar-refractivity contribution in [3.8, 4) is 0 Å². The van der Waals surface area contributed by atoms with Crippen LogP contribution in [0.25, 0.3) is 0 Å². The Bertz CT molecular complexity index is 365. The molecule has 0 aromatic rings. The molecule has 2 aliphatic rings. The van der Waals surface area contributed by atoms with Crippen LogP contribution in [-0.4, -0.2) is 28.7 Å². The van der Waals surface area contributed by atoms with E-state index in [1.165, 1.54) is 0 Å². The minimum atomic E-state index is -0.788. The van der Waals surface area contributed by atoms with E-state index in [4.69, 9.17) is 4.74 Å². The second-order valence-electron chi connectivity index (χ2n) is 6.23. The van der Waals surface area contributed by atoms with Crippen molar-refractivity contribution in [2.45, 2.75) is 45.7 Å². The Morgan fingerprint density at radius 3 is 2.56 bits per heavy atom. The highest BCUT2D eigenvalue weighted by molar-refractivity contribution is 5.18. The number of ether oxygens (including phenoxy) is 1. The smallest absolute Gasteiger partial charge is 0.157 e. The SMILES string of the molecule is C=CC1(C)CC(O)C2C(C)C(O)OC2C1C(=C)C. The molecule has 0 bridgehead atoms. The summed E-state index contributed by atoms with van der Waals surface area (Å²) in [5.41, 5.74) is 0.802. The van der Waals surface area contributed by atoms with E-state index in [1.807, 2.05) is 19.9 Å². The summed E-state index contributed by atoms with van der Waals surface area (Å²) >= 11 is 0. The molecule has 2 fully saturated rings. The summed E-state index contributed by atoms with van der Waals surface area (Å²) in [6.07, 6.45) is 1.13. The Hall–Kier alpha value is -0.640. The molecular weight excluding hydrogens is 228 g/mol. The van der Waals surface area contributed by atoms with Gasteiger partial charge in [0.1, 0.15) is 0 Å². The van der Waals surface area contributed by atoms with Crippen LogP contribution in [0.2, 0.25) is 0 Å². The molecule has 7 unspecified atom stereocenters. The summed E-state index contributed by atoms with van der Waals surface area (Å²) in [4.78, 5) is 0. The van der Waals surface area contributed by atoms with Gasteiger partial charge in [0.25, 0.3) is 0 Å². The number of hydrogen-bond donors (Lipinski definition) is 2. The zero-order chi connectivity index (χ0) is 13.7. The minimum absolute atomic E-state index is 0.0188. The highest BCUT2D eigenvalue weighted by Crippen LogP contribution is 2.53. The molecule has 7 atom stereocenters. The maximum atomic E-state index is 10.4. The molecular formula is C15H24O3. The normalized spacial score (nSPS) is 51.8. The summed E-state index contributed by atoms with van der Waals surface area (Å²) in [6.45, 7) is 14.0. The van der Waals surface area contributed by atoms with Crippen molar-refractivity contribution in [2.75, 3.05) is 0 Å². The van der Waals surface area contributed by atoms with Gasteiger partial charge < -0.3 is 14.9 Å². The van der Waals surface area contributed by atoms with Crippen LogP contribution in [0.15, 0.2) is 24.8 Å². The maximum absolute atomic E-state index is 10.4. The van der Waals surface area contributed by atoms with Gasteiger partial charge in [-0.15, -0.1) is 6.58 Å². The summed E-state index contributed by atoms with van der Waals surface area (Å²) in [5, 5.41) is 20.3. The van der Waals surface area contributed by atoms with E-state index >= 15 is 0 Å². The number of aliphatic hydroxyl groups excluding tert-OH is 2. The van der Waals surface area contributed by atoms with E-state index in [1.54, 1.807) is 0 Å². The van der Waals surface area contributed by atoms with Crippen LogP contribution < -0.4 is 0 Å². The first-order chi connectivity index (χ1) is 8.31. The summed E-state index contributed by atoms with van der Waals surface area (Å²) < 4.78 is 5.71. The molecule has 3 heteroatoms. The molecule has 102 valence electrons. The highest BCUT2D eigenvalue weighted by Gasteiger charge is 2.56. The average molecular weight is 252 g/mol. The van der Waals surface area contributed by atoms with Crippen molar-refractivity contribution in [3.63, 3.8) is 0 Å². The molecule has 1 saturated carbocycles. The van der Waals surface area contributed by atoms with Crippen molar-refractivity contribution in [3.05, 3.63) is 24.8 Å². The number of aliphatic hydroxyl groups is 2. The first-order valence-electron chi connectivity index (χ1n) is 6.62. The minimum Gasteiger partial charge on any atom is -0.393 e. The largest absolute Gasteiger partial charge is 0.393 e. The Balaban J connectivity index is 2.41. The monoisotopic (exact) mass is 252 g/mol. The van der Waals surface area contributed by atoms with Crippen molar-refractivity contribution in [2.24, 2.45) is 23.2 Å². The lowest BCUT2D eigenvalue weighted by Gasteiger charge is -2.48. The van der Waals surface area contributed by atoms with E-state index in [9.17, 15) is 10.2 Å². The fourth-order valence-electron chi connectivity index (χ4n) is 3.88. The predicted molar refractivity (Wildman–Crippen MR) is 70.8 cm³/mol. The van der Waals surface area contributed by atoms with Gasteiger partial charge in [0.15, 0.2) is 6.29 Å². The van der Waals surface area contributed by atoms with Gasteiger partial charge in [-0.25, -0.2) is 0 Å². The molecule has 1 aliphatic heterocycles. The van der Waals surface area contributed by atoms with Gasteiger partial charge in [0.05, 0.1) is 12.2 Å². The molecule has 0 spiro atoms. The molecule has 0 aromatic heterocycles. The van der Waals surface area contributed by atoms with Crippen LogP contribution >= 0.6 is 0 Å². The van der Waals surface area contributed by atoms with Crippen molar-refractivity contribution < 1.29 is 14.9 Å². The van der Waals surface area contributed by atoms with E-state index in [0.717, 1.165) is 5.57 Å². The molecule has 1 saturated heterocycles. The van der Waals surface area contributed by atoms with Crippen LogP contribution in [0.4, 0.5) is 0 Å². The third kappa shape index (κ3) is 1.85. The second-order valence-corrected chi connectivity index (χ2v) is 6.23. The number of rotatable bonds is 2. The lowest BCUT2D eigenvalue weighted by atomic mass is 9.58. The quantitative estimate of drug-likeness (QED) is 0.740. The van der Waals surface area contributed by atoms with Crippen LogP contribution in [0.1, 0.15) is 27.2 Å². The first-order valence-corrected chi connectivity index (χ1v) is 6.62. The molecule has 0 aromatic carbocycles. The van der Waals surface area contributed by atoms with Gasteiger partial charge in [-0.2, -0.15) is 0 Å². The van der Waals surface area contributed by atoms with Crippen molar-refractivity contribution in [1.29, 1.82) is 0 Å². The Labute approximate surface area is 109 Å². The molecule has 2 rings (SSSR count). The lowest BCUT2D eigenvalue weighted by Crippen LogP contribution is -2.50. The lowest BCUT2D eigenvalue weighted by molar-refractivity contribution is -0.136. The van der Waals surface area contributed by atoms with Crippen molar-refractivity contribution >= 4 is 0 Å². The predicted octanol–water partition coefficient (Wildman–Crippen LogP) is 2.11. The van der Waals surface area contributed by atoms with Gasteiger partial charge in [0.2, 0.25) is 0 Å². The Morgan fingerprint density at radius 1 is 1.44 bits per heavy atom. The van der Waals surface area contributed by atoms with Crippen molar-refractivity contribution in [1.82, 2.24) is 0 Å². The number of fused-ring (bicyclic) bond motifs is 1. The van der Waals surface area contributed by atoms with Gasteiger partial charge in [-0.1, -0.05) is 32.1 Å². The fourth-order valence-corrected chi connectivity index (χ4v) is 3.88. The molecule has 3 nitrogen and oxygen atoms in total. The summed E-state index contributed by atoms with van der Waals surface area (Å²) in [5.74, 6) is 0.0407. The van der Waals surface area contributed by atoms with Crippen LogP contribution in [0, 0.1) is 23.2 Å². The Kier molecular flexibility index (Phi) is 3.43. The van der Waals surface area contributed by atoms with E-state index in [-0.39, 0.29) is 29.3 Å². The average Bonchev–Trinajstić information content (AvgIpc) is 2.54. The summed E-state index contributed by atoms with van der Waals surface area (Å²) in [7, 11) is 0. The maximum Gasteiger partial charge on any atom is 0.157 e. The second kappa shape index (κ2) is 4.48. The van der Waals surface area contributed by atoms with E-state index in [0.29, 0.717) is 6.42 Å². The first kappa shape index (κ1) is 13.8. The van der Waals surface area contributed by atoms with Crippen LogP contribution in [0.5, 0.6) is 0 Å². The van der Waals surface area contributed by atoms with Gasteiger partial charge in [0, 0.05) is 17.8 Å². The van der Waals surface area contributed by atoms with Crippen LogP contribution in [-0.2, 0) is 4.74 Å². The van der Waals surface area contributed by atoms with Gasteiger partial charge in [-0.05, 0) is 18.8 Å². The number of allylic oxidation sites excluding steroid dienone is 1. The van der Waals surface area contributed by atoms with Gasteiger partial charge in [-0.3, -0.25) is 0 Å². The van der Waals surface area contributed by atoms with Gasteiger partial charge >= 0.3 is 0 Å². The molecule has 1 heterocycles. The zero-order valence-corrected chi connectivity index (χ0v) is 11.5. The molecule has 1 aliphatic carbocycles. The fraction of sp³-hybridized carbons (Fsp3) is 0.733. The van der Waals surface area contributed by atoms with E-state index < -0.39 is 12.4 Å². The molecule has 18 heavy (non-hydrogen) atoms. The third-order valence-electron chi connectivity index (χ3n) is 4.86. The highest BCUT2D eigenvalue weighted by atomic mass is 16.6. The topological polar surface area (TPSA) is 49.7 Å². The third-order valence-corrected chi connectivity index (χ3v) is 4.86. The Morgan fingerprint density at radius 2 is 2.06 bits per heavy atom. The van der Waals surface area contributed by atoms with E-state index in [2.05, 4.69) is 20.1 Å². The zero-order valence-electron chi connectivity index (χ0n) is 11.5.